The molecule has 0 spiro atoms. The van der Waals surface area contributed by atoms with Crippen LogP contribution in [0.15, 0.2) is 0 Å². The first-order chi connectivity index (χ1) is 7.10. The Labute approximate surface area is 97.6 Å². The van der Waals surface area contributed by atoms with E-state index in [4.69, 9.17) is 27.9 Å². The number of rotatable bonds is 3. The molecular weight excluding hydrogens is 239 g/mol. The number of ether oxygens (including phenoxy) is 1. The van der Waals surface area contributed by atoms with E-state index >= 15 is 0 Å². The van der Waals surface area contributed by atoms with Gasteiger partial charge in [-0.15, -0.1) is 0 Å². The summed E-state index contributed by atoms with van der Waals surface area (Å²) in [5, 5.41) is 0.0654. The van der Waals surface area contributed by atoms with Crippen molar-refractivity contribution in [3.05, 3.63) is 21.7 Å². The van der Waals surface area contributed by atoms with Crippen LogP contribution in [0.25, 0.3) is 0 Å². The molecular formula is C9H10Cl2N2O2. The normalized spacial score (nSPS) is 10.1. The van der Waals surface area contributed by atoms with Gasteiger partial charge < -0.3 is 4.74 Å². The third-order valence-corrected chi connectivity index (χ3v) is 2.21. The lowest BCUT2D eigenvalue weighted by molar-refractivity contribution is 0.0526. The van der Waals surface area contributed by atoms with Gasteiger partial charge in [-0.05, 0) is 6.92 Å². The molecule has 82 valence electrons. The highest BCUT2D eigenvalue weighted by molar-refractivity contribution is 6.37. The fourth-order valence-corrected chi connectivity index (χ4v) is 1.56. The van der Waals surface area contributed by atoms with Crippen molar-refractivity contribution in [3.8, 4) is 0 Å². The van der Waals surface area contributed by atoms with Gasteiger partial charge in [0.05, 0.1) is 6.61 Å². The Kier molecular flexibility index (Phi) is 4.29. The van der Waals surface area contributed by atoms with Crippen molar-refractivity contribution in [1.82, 2.24) is 9.97 Å². The van der Waals surface area contributed by atoms with Crippen LogP contribution in [-0.2, 0) is 11.2 Å². The quantitative estimate of drug-likeness (QED) is 0.610. The van der Waals surface area contributed by atoms with Gasteiger partial charge >= 0.3 is 5.97 Å². The molecule has 1 aromatic rings. The lowest BCUT2D eigenvalue weighted by Gasteiger charge is -2.06. The van der Waals surface area contributed by atoms with Crippen molar-refractivity contribution in [2.45, 2.75) is 20.3 Å². The number of carbonyl (C=O) groups excluding carboxylic acids is 1. The largest absolute Gasteiger partial charge is 0.462 e. The van der Waals surface area contributed by atoms with Crippen LogP contribution in [0.1, 0.15) is 30.0 Å². The summed E-state index contributed by atoms with van der Waals surface area (Å²) >= 11 is 11.6. The van der Waals surface area contributed by atoms with Crippen molar-refractivity contribution in [2.24, 2.45) is 0 Å². The van der Waals surface area contributed by atoms with E-state index in [2.05, 4.69) is 9.97 Å². The summed E-state index contributed by atoms with van der Waals surface area (Å²) in [6.45, 7) is 3.81. The highest BCUT2D eigenvalue weighted by Gasteiger charge is 2.19. The van der Waals surface area contributed by atoms with Gasteiger partial charge in [-0.25, -0.2) is 14.8 Å². The Bertz CT molecular complexity index is 359. The Balaban J connectivity index is 3.13. The Morgan fingerprint density at radius 2 is 1.80 bits per heavy atom. The van der Waals surface area contributed by atoms with Crippen molar-refractivity contribution < 1.29 is 9.53 Å². The van der Waals surface area contributed by atoms with Gasteiger partial charge in [0, 0.05) is 6.42 Å². The lowest BCUT2D eigenvalue weighted by atomic mass is 10.3. The Morgan fingerprint density at radius 1 is 1.27 bits per heavy atom. The zero-order valence-electron chi connectivity index (χ0n) is 8.38. The van der Waals surface area contributed by atoms with Crippen LogP contribution in [0.2, 0.25) is 10.3 Å². The summed E-state index contributed by atoms with van der Waals surface area (Å²) in [4.78, 5) is 19.3. The maximum Gasteiger partial charge on any atom is 0.344 e. The number of hydrogen-bond acceptors (Lipinski definition) is 4. The summed E-state index contributed by atoms with van der Waals surface area (Å²) in [5.74, 6) is -0.104. The molecule has 0 amide bonds. The molecule has 0 aliphatic rings. The molecule has 0 unspecified atom stereocenters. The van der Waals surface area contributed by atoms with Gasteiger partial charge in [0.2, 0.25) is 0 Å². The van der Waals surface area contributed by atoms with Gasteiger partial charge in [0.25, 0.3) is 0 Å². The highest BCUT2D eigenvalue weighted by Crippen LogP contribution is 2.22. The van der Waals surface area contributed by atoms with Crippen LogP contribution in [0, 0.1) is 0 Å². The third kappa shape index (κ3) is 2.79. The van der Waals surface area contributed by atoms with Crippen LogP contribution in [0.3, 0.4) is 0 Å². The van der Waals surface area contributed by atoms with E-state index in [9.17, 15) is 4.79 Å². The summed E-state index contributed by atoms with van der Waals surface area (Å²) < 4.78 is 4.78. The predicted molar refractivity (Wildman–Crippen MR) is 57.4 cm³/mol. The number of aryl methyl sites for hydroxylation is 1. The summed E-state index contributed by atoms with van der Waals surface area (Å²) in [6, 6.07) is 0. The minimum atomic E-state index is -0.602. The van der Waals surface area contributed by atoms with Crippen LogP contribution in [0.5, 0.6) is 0 Å². The second-order valence-electron chi connectivity index (χ2n) is 2.67. The fraction of sp³-hybridized carbons (Fsp3) is 0.444. The molecule has 0 aliphatic carbocycles. The highest BCUT2D eigenvalue weighted by atomic mass is 35.5. The second kappa shape index (κ2) is 5.28. The molecule has 0 atom stereocenters. The first kappa shape index (κ1) is 12.2. The van der Waals surface area contributed by atoms with Crippen molar-refractivity contribution in [1.29, 1.82) is 0 Å². The number of carbonyl (C=O) groups is 1. The first-order valence-corrected chi connectivity index (χ1v) is 5.24. The molecule has 0 radical (unpaired) electrons. The number of aromatic nitrogens is 2. The number of halogens is 2. The Morgan fingerprint density at radius 3 is 2.20 bits per heavy atom. The molecule has 0 aliphatic heterocycles. The third-order valence-electron chi connectivity index (χ3n) is 1.66. The summed E-state index contributed by atoms with van der Waals surface area (Å²) in [5.41, 5.74) is 0.0254. The maximum atomic E-state index is 11.4. The van der Waals surface area contributed by atoms with E-state index in [-0.39, 0.29) is 22.5 Å². The minimum Gasteiger partial charge on any atom is -0.462 e. The van der Waals surface area contributed by atoms with E-state index in [1.807, 2.05) is 6.92 Å². The summed E-state index contributed by atoms with van der Waals surface area (Å²) in [6.07, 6.45) is 0.600. The number of hydrogen-bond donors (Lipinski definition) is 0. The molecule has 1 heterocycles. The fourth-order valence-electron chi connectivity index (χ4n) is 0.978. The molecule has 0 bridgehead atoms. The van der Waals surface area contributed by atoms with Crippen LogP contribution >= 0.6 is 23.2 Å². The van der Waals surface area contributed by atoms with Gasteiger partial charge in [-0.1, -0.05) is 30.1 Å². The molecule has 0 N–H and O–H groups in total. The Hall–Kier alpha value is -0.870. The maximum absolute atomic E-state index is 11.4. The zero-order chi connectivity index (χ0) is 11.4. The monoisotopic (exact) mass is 248 g/mol. The van der Waals surface area contributed by atoms with E-state index in [0.29, 0.717) is 12.2 Å². The number of esters is 1. The molecule has 0 saturated heterocycles. The van der Waals surface area contributed by atoms with Crippen molar-refractivity contribution >= 4 is 29.2 Å². The lowest BCUT2D eigenvalue weighted by Crippen LogP contribution is -2.09. The molecule has 1 aromatic heterocycles. The van der Waals surface area contributed by atoms with Crippen molar-refractivity contribution in [2.75, 3.05) is 6.61 Å². The molecule has 6 heteroatoms. The second-order valence-corrected chi connectivity index (χ2v) is 3.39. The van der Waals surface area contributed by atoms with Gasteiger partial charge in [-0.2, -0.15) is 0 Å². The molecule has 4 nitrogen and oxygen atoms in total. The van der Waals surface area contributed by atoms with Crippen molar-refractivity contribution in [3.63, 3.8) is 0 Å². The van der Waals surface area contributed by atoms with Crippen LogP contribution in [-0.4, -0.2) is 22.5 Å². The van der Waals surface area contributed by atoms with Gasteiger partial charge in [0.15, 0.2) is 0 Å². The van der Waals surface area contributed by atoms with E-state index < -0.39 is 5.97 Å². The van der Waals surface area contributed by atoms with Crippen LogP contribution in [0.4, 0.5) is 0 Å². The SMILES string of the molecule is CCOC(=O)c1c(Cl)nc(CC)nc1Cl. The van der Waals surface area contributed by atoms with Crippen LogP contribution < -0.4 is 0 Å². The molecule has 1 rings (SSSR count). The minimum absolute atomic E-state index is 0.0254. The zero-order valence-corrected chi connectivity index (χ0v) is 9.89. The molecule has 0 aromatic carbocycles. The molecule has 0 saturated carbocycles. The number of nitrogens with zero attached hydrogens (tertiary/aromatic N) is 2. The smallest absolute Gasteiger partial charge is 0.344 e. The average Bonchev–Trinajstić information content (AvgIpc) is 2.16. The van der Waals surface area contributed by atoms with Gasteiger partial charge in [0.1, 0.15) is 21.7 Å². The molecule has 15 heavy (non-hydrogen) atoms. The molecule has 0 fully saturated rings. The van der Waals surface area contributed by atoms with E-state index in [0.717, 1.165) is 0 Å². The van der Waals surface area contributed by atoms with Gasteiger partial charge in [-0.3, -0.25) is 0 Å². The van der Waals surface area contributed by atoms with E-state index in [1.54, 1.807) is 6.92 Å². The standard InChI is InChI=1S/C9H10Cl2N2O2/c1-3-5-12-7(10)6(8(11)13-5)9(14)15-4-2/h3-4H2,1-2H3. The summed E-state index contributed by atoms with van der Waals surface area (Å²) in [7, 11) is 0. The topological polar surface area (TPSA) is 52.1 Å². The predicted octanol–water partition coefficient (Wildman–Crippen LogP) is 2.52. The average molecular weight is 249 g/mol. The van der Waals surface area contributed by atoms with E-state index in [1.165, 1.54) is 0 Å². The first-order valence-electron chi connectivity index (χ1n) is 4.49.